The number of aryl methyl sites for hydroxylation is 1. The van der Waals surface area contributed by atoms with Crippen LogP contribution in [0.15, 0.2) is 36.5 Å². The van der Waals surface area contributed by atoms with Gasteiger partial charge in [0, 0.05) is 19.1 Å². The van der Waals surface area contributed by atoms with E-state index in [1.807, 2.05) is 29.9 Å². The zero-order valence-corrected chi connectivity index (χ0v) is 8.70. The molecule has 0 spiro atoms. The Kier molecular flexibility index (Phi) is 2.55. The fourth-order valence-corrected chi connectivity index (χ4v) is 1.60. The molecule has 0 atom stereocenters. The van der Waals surface area contributed by atoms with E-state index >= 15 is 0 Å². The molecule has 14 heavy (non-hydrogen) atoms. The van der Waals surface area contributed by atoms with Gasteiger partial charge in [-0.05, 0) is 17.2 Å². The lowest BCUT2D eigenvalue weighted by molar-refractivity contribution is 0.776. The van der Waals surface area contributed by atoms with Gasteiger partial charge in [0.25, 0.3) is 0 Å². The molecule has 0 saturated carbocycles. The SMILES string of the molecule is Cn1nccc1-c1ccc(CCl)cc1. The average molecular weight is 207 g/mol. The van der Waals surface area contributed by atoms with Crippen LogP contribution in [-0.4, -0.2) is 9.78 Å². The van der Waals surface area contributed by atoms with E-state index in [0.29, 0.717) is 5.88 Å². The lowest BCUT2D eigenvalue weighted by Gasteiger charge is -2.02. The van der Waals surface area contributed by atoms with Gasteiger partial charge in [0.05, 0.1) is 5.69 Å². The van der Waals surface area contributed by atoms with Gasteiger partial charge in [-0.2, -0.15) is 5.10 Å². The van der Waals surface area contributed by atoms with E-state index in [1.54, 1.807) is 6.20 Å². The van der Waals surface area contributed by atoms with Crippen molar-refractivity contribution in [3.05, 3.63) is 42.1 Å². The van der Waals surface area contributed by atoms with Crippen molar-refractivity contribution in [3.8, 4) is 11.3 Å². The minimum atomic E-state index is 0.561. The summed E-state index contributed by atoms with van der Waals surface area (Å²) in [5.41, 5.74) is 3.42. The minimum absolute atomic E-state index is 0.561. The predicted octanol–water partition coefficient (Wildman–Crippen LogP) is 2.83. The summed E-state index contributed by atoms with van der Waals surface area (Å²) in [6.45, 7) is 0. The zero-order chi connectivity index (χ0) is 9.97. The lowest BCUT2D eigenvalue weighted by atomic mass is 10.1. The van der Waals surface area contributed by atoms with Crippen LogP contribution in [0.5, 0.6) is 0 Å². The molecule has 0 radical (unpaired) electrons. The van der Waals surface area contributed by atoms with E-state index in [4.69, 9.17) is 11.6 Å². The van der Waals surface area contributed by atoms with Gasteiger partial charge in [-0.3, -0.25) is 4.68 Å². The van der Waals surface area contributed by atoms with Crippen LogP contribution in [0.4, 0.5) is 0 Å². The Bertz CT molecular complexity index is 417. The van der Waals surface area contributed by atoms with Crippen molar-refractivity contribution in [1.29, 1.82) is 0 Å². The van der Waals surface area contributed by atoms with E-state index in [1.165, 1.54) is 5.56 Å². The molecule has 0 aliphatic rings. The fourth-order valence-electron chi connectivity index (χ4n) is 1.42. The molecule has 0 N–H and O–H groups in total. The molecule has 2 nitrogen and oxygen atoms in total. The maximum atomic E-state index is 5.72. The van der Waals surface area contributed by atoms with Crippen LogP contribution < -0.4 is 0 Å². The molecule has 2 rings (SSSR count). The van der Waals surface area contributed by atoms with Crippen molar-refractivity contribution >= 4 is 11.6 Å². The topological polar surface area (TPSA) is 17.8 Å². The third-order valence-corrected chi connectivity index (χ3v) is 2.53. The molecule has 72 valence electrons. The molecular weight excluding hydrogens is 196 g/mol. The third-order valence-electron chi connectivity index (χ3n) is 2.22. The fraction of sp³-hybridized carbons (Fsp3) is 0.182. The number of hydrogen-bond donors (Lipinski definition) is 0. The van der Waals surface area contributed by atoms with E-state index in [-0.39, 0.29) is 0 Å². The van der Waals surface area contributed by atoms with Gasteiger partial charge >= 0.3 is 0 Å². The van der Waals surface area contributed by atoms with E-state index in [2.05, 4.69) is 17.2 Å². The van der Waals surface area contributed by atoms with Crippen molar-refractivity contribution in [3.63, 3.8) is 0 Å². The number of hydrogen-bond acceptors (Lipinski definition) is 1. The van der Waals surface area contributed by atoms with Gasteiger partial charge in [-0.25, -0.2) is 0 Å². The Labute approximate surface area is 88.1 Å². The van der Waals surface area contributed by atoms with Crippen LogP contribution in [0, 0.1) is 0 Å². The number of rotatable bonds is 2. The Hall–Kier alpha value is -1.28. The molecule has 0 amide bonds. The molecule has 1 aromatic carbocycles. The first-order valence-corrected chi connectivity index (χ1v) is 4.98. The highest BCUT2D eigenvalue weighted by Gasteiger charge is 2.01. The summed E-state index contributed by atoms with van der Waals surface area (Å²) in [5, 5.41) is 4.13. The summed E-state index contributed by atoms with van der Waals surface area (Å²) in [7, 11) is 1.94. The first-order valence-electron chi connectivity index (χ1n) is 4.44. The number of aromatic nitrogens is 2. The summed E-state index contributed by atoms with van der Waals surface area (Å²) < 4.78 is 1.86. The quantitative estimate of drug-likeness (QED) is 0.691. The first-order chi connectivity index (χ1) is 6.81. The van der Waals surface area contributed by atoms with Gasteiger partial charge in [-0.1, -0.05) is 24.3 Å². The lowest BCUT2D eigenvalue weighted by Crippen LogP contribution is -1.93. The standard InChI is InChI=1S/C11H11ClN2/c1-14-11(6-7-13-14)10-4-2-9(8-12)3-5-10/h2-7H,8H2,1H3. The second-order valence-electron chi connectivity index (χ2n) is 3.17. The average Bonchev–Trinajstić information content (AvgIpc) is 2.65. The molecule has 3 heteroatoms. The number of alkyl halides is 1. The van der Waals surface area contributed by atoms with Crippen LogP contribution >= 0.6 is 11.6 Å². The third kappa shape index (κ3) is 1.66. The van der Waals surface area contributed by atoms with E-state index in [9.17, 15) is 0 Å². The van der Waals surface area contributed by atoms with Crippen molar-refractivity contribution in [2.45, 2.75) is 5.88 Å². The van der Waals surface area contributed by atoms with Crippen molar-refractivity contribution in [1.82, 2.24) is 9.78 Å². The Morgan fingerprint density at radius 3 is 2.43 bits per heavy atom. The molecule has 1 heterocycles. The molecule has 0 bridgehead atoms. The maximum Gasteiger partial charge on any atom is 0.0678 e. The van der Waals surface area contributed by atoms with Gasteiger partial charge in [0.1, 0.15) is 0 Å². The summed E-state index contributed by atoms with van der Waals surface area (Å²) in [6.07, 6.45) is 1.80. The van der Waals surface area contributed by atoms with Gasteiger partial charge in [0.2, 0.25) is 0 Å². The second kappa shape index (κ2) is 3.84. The molecular formula is C11H11ClN2. The maximum absolute atomic E-state index is 5.72. The molecule has 0 saturated heterocycles. The number of halogens is 1. The highest BCUT2D eigenvalue weighted by molar-refractivity contribution is 6.17. The van der Waals surface area contributed by atoms with Crippen LogP contribution in [0.3, 0.4) is 0 Å². The van der Waals surface area contributed by atoms with Gasteiger partial charge in [0.15, 0.2) is 0 Å². The summed E-state index contributed by atoms with van der Waals surface area (Å²) in [6, 6.07) is 10.2. The number of nitrogens with zero attached hydrogens (tertiary/aromatic N) is 2. The molecule has 0 unspecified atom stereocenters. The smallest absolute Gasteiger partial charge is 0.0678 e. The summed E-state index contributed by atoms with van der Waals surface area (Å²) >= 11 is 5.72. The molecule has 1 aromatic heterocycles. The van der Waals surface area contributed by atoms with Crippen LogP contribution in [0.2, 0.25) is 0 Å². The van der Waals surface area contributed by atoms with Crippen molar-refractivity contribution in [2.24, 2.45) is 7.05 Å². The highest BCUT2D eigenvalue weighted by atomic mass is 35.5. The monoisotopic (exact) mass is 206 g/mol. The first kappa shape index (κ1) is 9.28. The van der Waals surface area contributed by atoms with Crippen LogP contribution in [0.1, 0.15) is 5.56 Å². The van der Waals surface area contributed by atoms with Crippen molar-refractivity contribution in [2.75, 3.05) is 0 Å². The largest absolute Gasteiger partial charge is 0.268 e. The Morgan fingerprint density at radius 1 is 1.21 bits per heavy atom. The highest BCUT2D eigenvalue weighted by Crippen LogP contribution is 2.18. The van der Waals surface area contributed by atoms with E-state index < -0.39 is 0 Å². The second-order valence-corrected chi connectivity index (χ2v) is 3.44. The van der Waals surface area contributed by atoms with Crippen molar-refractivity contribution < 1.29 is 0 Å². The van der Waals surface area contributed by atoms with Gasteiger partial charge < -0.3 is 0 Å². The van der Waals surface area contributed by atoms with Crippen LogP contribution in [-0.2, 0) is 12.9 Å². The molecule has 0 aliphatic heterocycles. The normalized spacial score (nSPS) is 10.4. The number of benzene rings is 1. The molecule has 0 aliphatic carbocycles. The van der Waals surface area contributed by atoms with E-state index in [0.717, 1.165) is 11.3 Å². The Morgan fingerprint density at radius 2 is 1.93 bits per heavy atom. The summed E-state index contributed by atoms with van der Waals surface area (Å²) in [4.78, 5) is 0. The van der Waals surface area contributed by atoms with Gasteiger partial charge in [-0.15, -0.1) is 11.6 Å². The summed E-state index contributed by atoms with van der Waals surface area (Å²) in [5.74, 6) is 0.561. The minimum Gasteiger partial charge on any atom is -0.268 e. The zero-order valence-electron chi connectivity index (χ0n) is 7.94. The Balaban J connectivity index is 2.39. The molecule has 0 fully saturated rings. The van der Waals surface area contributed by atoms with Crippen LogP contribution in [0.25, 0.3) is 11.3 Å². The molecule has 2 aromatic rings. The predicted molar refractivity (Wildman–Crippen MR) is 58.2 cm³/mol.